The SMILES string of the molecule is COCCOCCNC(C)C.[HH]. The van der Waals surface area contributed by atoms with Crippen molar-refractivity contribution in [1.82, 2.24) is 5.32 Å². The van der Waals surface area contributed by atoms with Crippen LogP contribution in [0.25, 0.3) is 0 Å². The summed E-state index contributed by atoms with van der Waals surface area (Å²) in [6.45, 7) is 7.30. The highest BCUT2D eigenvalue weighted by molar-refractivity contribution is 4.50. The van der Waals surface area contributed by atoms with Crippen molar-refractivity contribution in [2.24, 2.45) is 0 Å². The molecule has 0 aromatic heterocycles. The summed E-state index contributed by atoms with van der Waals surface area (Å²) >= 11 is 0. The molecule has 0 aromatic carbocycles. The highest BCUT2D eigenvalue weighted by Gasteiger charge is 1.90. The van der Waals surface area contributed by atoms with E-state index in [0.29, 0.717) is 19.3 Å². The first kappa shape index (κ1) is 10.9. The summed E-state index contributed by atoms with van der Waals surface area (Å²) in [6, 6.07) is 0.543. The fraction of sp³-hybridized carbons (Fsp3) is 1.00. The maximum Gasteiger partial charge on any atom is 0.0700 e. The van der Waals surface area contributed by atoms with Gasteiger partial charge in [0.15, 0.2) is 0 Å². The van der Waals surface area contributed by atoms with Crippen LogP contribution in [0.2, 0.25) is 0 Å². The van der Waals surface area contributed by atoms with Crippen LogP contribution in [0.1, 0.15) is 15.3 Å². The van der Waals surface area contributed by atoms with E-state index in [4.69, 9.17) is 9.47 Å². The Kier molecular flexibility index (Phi) is 7.89. The van der Waals surface area contributed by atoms with Gasteiger partial charge in [0.2, 0.25) is 0 Å². The van der Waals surface area contributed by atoms with Crippen molar-refractivity contribution in [3.05, 3.63) is 0 Å². The van der Waals surface area contributed by atoms with E-state index in [2.05, 4.69) is 19.2 Å². The van der Waals surface area contributed by atoms with Crippen molar-refractivity contribution in [3.63, 3.8) is 0 Å². The van der Waals surface area contributed by atoms with Crippen LogP contribution in [0.5, 0.6) is 0 Å². The Morgan fingerprint density at radius 3 is 2.55 bits per heavy atom. The quantitative estimate of drug-likeness (QED) is 0.565. The lowest BCUT2D eigenvalue weighted by Gasteiger charge is -2.07. The molecule has 11 heavy (non-hydrogen) atoms. The summed E-state index contributed by atoms with van der Waals surface area (Å²) < 4.78 is 10.1. The van der Waals surface area contributed by atoms with Gasteiger partial charge in [-0.15, -0.1) is 0 Å². The number of nitrogens with one attached hydrogen (secondary N) is 1. The molecule has 3 heteroatoms. The molecule has 0 amide bonds. The molecule has 0 aromatic rings. The molecule has 1 N–H and O–H groups in total. The molecule has 0 aliphatic rings. The lowest BCUT2D eigenvalue weighted by atomic mass is 10.4. The third-order valence-corrected chi connectivity index (χ3v) is 1.23. The van der Waals surface area contributed by atoms with Gasteiger partial charge in [0.05, 0.1) is 19.8 Å². The van der Waals surface area contributed by atoms with Gasteiger partial charge in [0.25, 0.3) is 0 Å². The van der Waals surface area contributed by atoms with Crippen LogP contribution in [0.3, 0.4) is 0 Å². The fourth-order valence-electron chi connectivity index (χ4n) is 0.664. The van der Waals surface area contributed by atoms with Gasteiger partial charge in [-0.05, 0) is 0 Å². The predicted octanol–water partition coefficient (Wildman–Crippen LogP) is 0.893. The molecule has 0 radical (unpaired) electrons. The van der Waals surface area contributed by atoms with Gasteiger partial charge in [-0.2, -0.15) is 0 Å². The molecule has 0 aliphatic heterocycles. The van der Waals surface area contributed by atoms with Gasteiger partial charge in [0, 0.05) is 21.1 Å². The zero-order chi connectivity index (χ0) is 8.53. The van der Waals surface area contributed by atoms with Gasteiger partial charge in [0.1, 0.15) is 0 Å². The molecule has 0 rings (SSSR count). The molecule has 0 aliphatic carbocycles. The number of hydrogen-bond acceptors (Lipinski definition) is 3. The number of methoxy groups -OCH3 is 1. The van der Waals surface area contributed by atoms with Crippen LogP contribution in [-0.2, 0) is 9.47 Å². The normalized spacial score (nSPS) is 10.9. The molecule has 0 bridgehead atoms. The Balaban J connectivity index is 0. The zero-order valence-corrected chi connectivity index (χ0v) is 7.72. The maximum atomic E-state index is 5.24. The third kappa shape index (κ3) is 9.88. The molecule has 3 nitrogen and oxygen atoms in total. The van der Waals surface area contributed by atoms with Gasteiger partial charge in [-0.1, -0.05) is 13.8 Å². The Hall–Kier alpha value is -0.120. The summed E-state index contributed by atoms with van der Waals surface area (Å²) in [4.78, 5) is 0. The van der Waals surface area contributed by atoms with E-state index in [1.807, 2.05) is 0 Å². The molecular weight excluding hydrogens is 142 g/mol. The fourth-order valence-corrected chi connectivity index (χ4v) is 0.664. The van der Waals surface area contributed by atoms with E-state index in [0.717, 1.165) is 13.2 Å². The summed E-state index contributed by atoms with van der Waals surface area (Å²) in [5, 5.41) is 3.26. The summed E-state index contributed by atoms with van der Waals surface area (Å²) in [5.74, 6) is 0. The summed E-state index contributed by atoms with van der Waals surface area (Å²) in [7, 11) is 1.68. The third-order valence-electron chi connectivity index (χ3n) is 1.23. The highest BCUT2D eigenvalue weighted by atomic mass is 16.5. The van der Waals surface area contributed by atoms with Crippen LogP contribution < -0.4 is 5.32 Å². The molecule has 70 valence electrons. The largest absolute Gasteiger partial charge is 0.382 e. The molecule has 0 fully saturated rings. The summed E-state index contributed by atoms with van der Waals surface area (Å²) in [6.07, 6.45) is 0. The van der Waals surface area contributed by atoms with E-state index in [9.17, 15) is 0 Å². The van der Waals surface area contributed by atoms with Crippen molar-refractivity contribution < 1.29 is 10.9 Å². The molecule has 0 saturated carbocycles. The van der Waals surface area contributed by atoms with Gasteiger partial charge >= 0.3 is 0 Å². The van der Waals surface area contributed by atoms with Gasteiger partial charge in [-0.25, -0.2) is 0 Å². The maximum absolute atomic E-state index is 5.24. The van der Waals surface area contributed by atoms with E-state index in [1.54, 1.807) is 7.11 Å². The monoisotopic (exact) mass is 163 g/mol. The van der Waals surface area contributed by atoms with E-state index in [1.165, 1.54) is 0 Å². The van der Waals surface area contributed by atoms with Crippen LogP contribution in [0.4, 0.5) is 0 Å². The standard InChI is InChI=1S/C8H19NO2.H2/c1-8(2)9-4-5-11-7-6-10-3;/h8-9H,4-7H2,1-3H3;1H. The molecule has 0 atom stereocenters. The van der Waals surface area contributed by atoms with Crippen LogP contribution >= 0.6 is 0 Å². The van der Waals surface area contributed by atoms with Crippen molar-refractivity contribution in [1.29, 1.82) is 0 Å². The minimum atomic E-state index is 0. The molecule has 0 heterocycles. The van der Waals surface area contributed by atoms with E-state index in [-0.39, 0.29) is 1.43 Å². The zero-order valence-electron chi connectivity index (χ0n) is 7.72. The van der Waals surface area contributed by atoms with Gasteiger partial charge < -0.3 is 14.8 Å². The average molecular weight is 163 g/mol. The Bertz CT molecular complexity index is 81.5. The van der Waals surface area contributed by atoms with Crippen molar-refractivity contribution >= 4 is 0 Å². The number of ether oxygens (including phenoxy) is 2. The van der Waals surface area contributed by atoms with Crippen molar-refractivity contribution in [3.8, 4) is 0 Å². The second kappa shape index (κ2) is 7.98. The predicted molar refractivity (Wildman–Crippen MR) is 47.9 cm³/mol. The Morgan fingerprint density at radius 1 is 1.27 bits per heavy atom. The second-order valence-corrected chi connectivity index (χ2v) is 2.71. The minimum Gasteiger partial charge on any atom is -0.382 e. The highest BCUT2D eigenvalue weighted by Crippen LogP contribution is 1.77. The van der Waals surface area contributed by atoms with Gasteiger partial charge in [-0.3, -0.25) is 0 Å². The first-order valence-electron chi connectivity index (χ1n) is 4.07. The van der Waals surface area contributed by atoms with Crippen LogP contribution in [0.15, 0.2) is 0 Å². The second-order valence-electron chi connectivity index (χ2n) is 2.71. The first-order chi connectivity index (χ1) is 5.27. The lowest BCUT2D eigenvalue weighted by Crippen LogP contribution is -2.27. The molecule has 0 saturated heterocycles. The van der Waals surface area contributed by atoms with Crippen molar-refractivity contribution in [2.75, 3.05) is 33.5 Å². The minimum absolute atomic E-state index is 0. The molecule has 0 spiro atoms. The first-order valence-corrected chi connectivity index (χ1v) is 4.07. The molecular formula is C8H21NO2. The van der Waals surface area contributed by atoms with Crippen LogP contribution in [-0.4, -0.2) is 39.5 Å². The number of hydrogen-bond donors (Lipinski definition) is 1. The Labute approximate surface area is 70.6 Å². The average Bonchev–Trinajstić information content (AvgIpc) is 1.96. The van der Waals surface area contributed by atoms with E-state index >= 15 is 0 Å². The van der Waals surface area contributed by atoms with E-state index < -0.39 is 0 Å². The van der Waals surface area contributed by atoms with Crippen molar-refractivity contribution in [2.45, 2.75) is 19.9 Å². The lowest BCUT2D eigenvalue weighted by molar-refractivity contribution is 0.0714. The van der Waals surface area contributed by atoms with Crippen LogP contribution in [0, 0.1) is 0 Å². The Morgan fingerprint density at radius 2 is 2.00 bits per heavy atom. The summed E-state index contributed by atoms with van der Waals surface area (Å²) in [5.41, 5.74) is 0. The topological polar surface area (TPSA) is 30.5 Å². The number of rotatable bonds is 7. The smallest absolute Gasteiger partial charge is 0.0700 e. The molecule has 0 unspecified atom stereocenters.